The molecule has 1 heterocycles. The largest absolute Gasteiger partial charge is 0.460 e. The van der Waals surface area contributed by atoms with Gasteiger partial charge in [-0.05, 0) is 31.7 Å². The Labute approximate surface area is 129 Å². The van der Waals surface area contributed by atoms with Crippen molar-refractivity contribution in [3.05, 3.63) is 58.5 Å². The van der Waals surface area contributed by atoms with Gasteiger partial charge in [0.05, 0.1) is 12.7 Å². The van der Waals surface area contributed by atoms with Crippen LogP contribution in [0.5, 0.6) is 0 Å². The Balaban J connectivity index is 1.94. The second kappa shape index (κ2) is 5.97. The fourth-order valence-corrected chi connectivity index (χ4v) is 3.24. The monoisotopic (exact) mass is 300 g/mol. The second-order valence-electron chi connectivity index (χ2n) is 5.68. The van der Waals surface area contributed by atoms with Crippen molar-refractivity contribution in [3.63, 3.8) is 0 Å². The standard InChI is InChI=1S/C18H20O4/c1-3-21-18(20)17-11(2)16-14(19)9-13(10-15(16)22-17)12-7-5-4-6-8-12/h4-8,13-14,19H,3,9-10H2,1-2H3. The molecule has 0 aliphatic heterocycles. The smallest absolute Gasteiger partial charge is 0.374 e. The van der Waals surface area contributed by atoms with Crippen LogP contribution >= 0.6 is 0 Å². The summed E-state index contributed by atoms with van der Waals surface area (Å²) in [7, 11) is 0. The van der Waals surface area contributed by atoms with Gasteiger partial charge in [0.1, 0.15) is 5.76 Å². The van der Waals surface area contributed by atoms with Gasteiger partial charge in [-0.25, -0.2) is 4.79 Å². The minimum Gasteiger partial charge on any atom is -0.460 e. The quantitative estimate of drug-likeness (QED) is 0.881. The number of hydrogen-bond donors (Lipinski definition) is 1. The first-order valence-electron chi connectivity index (χ1n) is 7.64. The third kappa shape index (κ3) is 2.55. The molecule has 1 aromatic carbocycles. The molecule has 4 heteroatoms. The fraction of sp³-hybridized carbons (Fsp3) is 0.389. The second-order valence-corrected chi connectivity index (χ2v) is 5.68. The zero-order valence-electron chi connectivity index (χ0n) is 12.8. The van der Waals surface area contributed by atoms with Gasteiger partial charge in [-0.1, -0.05) is 30.3 Å². The number of esters is 1. The van der Waals surface area contributed by atoms with E-state index in [2.05, 4.69) is 12.1 Å². The van der Waals surface area contributed by atoms with Crippen molar-refractivity contribution in [2.24, 2.45) is 0 Å². The number of furan rings is 1. The van der Waals surface area contributed by atoms with Crippen LogP contribution in [0.3, 0.4) is 0 Å². The molecule has 1 aliphatic rings. The van der Waals surface area contributed by atoms with Gasteiger partial charge in [0.25, 0.3) is 0 Å². The van der Waals surface area contributed by atoms with Crippen LogP contribution in [-0.2, 0) is 11.2 Å². The summed E-state index contributed by atoms with van der Waals surface area (Å²) in [5, 5.41) is 10.5. The van der Waals surface area contributed by atoms with E-state index in [1.165, 1.54) is 5.56 Å². The van der Waals surface area contributed by atoms with Crippen LogP contribution in [0.1, 0.15) is 58.4 Å². The lowest BCUT2D eigenvalue weighted by Gasteiger charge is -2.26. The highest BCUT2D eigenvalue weighted by atomic mass is 16.5. The lowest BCUT2D eigenvalue weighted by Crippen LogP contribution is -2.16. The van der Waals surface area contributed by atoms with Crippen molar-refractivity contribution in [1.29, 1.82) is 0 Å². The zero-order chi connectivity index (χ0) is 15.7. The molecule has 0 bridgehead atoms. The van der Waals surface area contributed by atoms with E-state index in [4.69, 9.17) is 9.15 Å². The van der Waals surface area contributed by atoms with Gasteiger partial charge < -0.3 is 14.3 Å². The fourth-order valence-electron chi connectivity index (χ4n) is 3.24. The number of ether oxygens (including phenoxy) is 1. The molecule has 1 aliphatic carbocycles. The van der Waals surface area contributed by atoms with Gasteiger partial charge in [0.2, 0.25) is 5.76 Å². The molecule has 0 fully saturated rings. The number of aliphatic hydroxyl groups is 1. The molecule has 4 nitrogen and oxygen atoms in total. The van der Waals surface area contributed by atoms with Crippen LogP contribution in [0.4, 0.5) is 0 Å². The normalized spacial score (nSPS) is 20.5. The number of rotatable bonds is 3. The Morgan fingerprint density at radius 1 is 1.36 bits per heavy atom. The van der Waals surface area contributed by atoms with Crippen molar-refractivity contribution in [1.82, 2.24) is 0 Å². The van der Waals surface area contributed by atoms with E-state index in [1.807, 2.05) is 18.2 Å². The third-order valence-corrected chi connectivity index (χ3v) is 4.27. The van der Waals surface area contributed by atoms with Crippen LogP contribution in [0.25, 0.3) is 0 Å². The predicted molar refractivity (Wildman–Crippen MR) is 81.9 cm³/mol. The molecule has 2 atom stereocenters. The zero-order valence-corrected chi connectivity index (χ0v) is 12.8. The van der Waals surface area contributed by atoms with Gasteiger partial charge >= 0.3 is 5.97 Å². The molecule has 1 N–H and O–H groups in total. The van der Waals surface area contributed by atoms with E-state index < -0.39 is 12.1 Å². The minimum atomic E-state index is -0.610. The van der Waals surface area contributed by atoms with Gasteiger partial charge in [-0.15, -0.1) is 0 Å². The first-order valence-corrected chi connectivity index (χ1v) is 7.64. The molecule has 116 valence electrons. The van der Waals surface area contributed by atoms with E-state index in [9.17, 15) is 9.90 Å². The number of hydrogen-bond acceptors (Lipinski definition) is 4. The molecule has 1 aromatic heterocycles. The van der Waals surface area contributed by atoms with E-state index in [0.29, 0.717) is 30.8 Å². The Bertz CT molecular complexity index is 672. The Hall–Kier alpha value is -2.07. The average molecular weight is 300 g/mol. The van der Waals surface area contributed by atoms with Crippen LogP contribution in [-0.4, -0.2) is 17.7 Å². The van der Waals surface area contributed by atoms with Crippen molar-refractivity contribution in [2.45, 2.75) is 38.7 Å². The van der Waals surface area contributed by atoms with Gasteiger partial charge in [-0.2, -0.15) is 0 Å². The molecule has 2 unspecified atom stereocenters. The van der Waals surface area contributed by atoms with E-state index in [0.717, 1.165) is 5.56 Å². The van der Waals surface area contributed by atoms with Crippen LogP contribution < -0.4 is 0 Å². The number of benzene rings is 1. The third-order valence-electron chi connectivity index (χ3n) is 4.27. The number of carbonyl (C=O) groups is 1. The maximum Gasteiger partial charge on any atom is 0.374 e. The maximum absolute atomic E-state index is 11.9. The van der Waals surface area contributed by atoms with Gasteiger partial charge in [0, 0.05) is 17.5 Å². The Morgan fingerprint density at radius 3 is 2.77 bits per heavy atom. The SMILES string of the molecule is CCOC(=O)c1oc2c(c1C)C(O)CC(c1ccccc1)C2. The molecule has 0 amide bonds. The van der Waals surface area contributed by atoms with E-state index in [1.54, 1.807) is 13.8 Å². The highest BCUT2D eigenvalue weighted by Crippen LogP contribution is 2.42. The lowest BCUT2D eigenvalue weighted by atomic mass is 9.81. The van der Waals surface area contributed by atoms with Crippen molar-refractivity contribution < 1.29 is 19.1 Å². The predicted octanol–water partition coefficient (Wildman–Crippen LogP) is 3.53. The minimum absolute atomic E-state index is 0.198. The van der Waals surface area contributed by atoms with Crippen LogP contribution in [0, 0.1) is 6.92 Å². The number of aliphatic hydroxyl groups excluding tert-OH is 1. The molecule has 0 saturated heterocycles. The van der Waals surface area contributed by atoms with E-state index >= 15 is 0 Å². The maximum atomic E-state index is 11.9. The molecule has 22 heavy (non-hydrogen) atoms. The molecular formula is C18H20O4. The summed E-state index contributed by atoms with van der Waals surface area (Å²) in [5.74, 6) is 0.662. The highest BCUT2D eigenvalue weighted by Gasteiger charge is 2.34. The molecule has 0 spiro atoms. The summed E-state index contributed by atoms with van der Waals surface area (Å²) < 4.78 is 10.8. The molecule has 0 radical (unpaired) electrons. The number of carbonyl (C=O) groups excluding carboxylic acids is 1. The number of fused-ring (bicyclic) bond motifs is 1. The summed E-state index contributed by atoms with van der Waals surface area (Å²) in [5.41, 5.74) is 2.64. The summed E-state index contributed by atoms with van der Waals surface area (Å²) >= 11 is 0. The van der Waals surface area contributed by atoms with Gasteiger partial charge in [0.15, 0.2) is 0 Å². The van der Waals surface area contributed by atoms with E-state index in [-0.39, 0.29) is 11.7 Å². The summed E-state index contributed by atoms with van der Waals surface area (Å²) in [6.45, 7) is 3.87. The molecular weight excluding hydrogens is 280 g/mol. The molecule has 3 rings (SSSR count). The van der Waals surface area contributed by atoms with Crippen molar-refractivity contribution in [2.75, 3.05) is 6.61 Å². The summed E-state index contributed by atoms with van der Waals surface area (Å²) in [4.78, 5) is 11.9. The van der Waals surface area contributed by atoms with Crippen molar-refractivity contribution in [3.8, 4) is 0 Å². The Kier molecular flexibility index (Phi) is 4.03. The lowest BCUT2D eigenvalue weighted by molar-refractivity contribution is 0.0486. The van der Waals surface area contributed by atoms with Crippen LogP contribution in [0.2, 0.25) is 0 Å². The molecule has 0 saturated carbocycles. The Morgan fingerprint density at radius 2 is 2.09 bits per heavy atom. The summed E-state index contributed by atoms with van der Waals surface area (Å²) in [6, 6.07) is 10.1. The first-order chi connectivity index (χ1) is 10.6. The topological polar surface area (TPSA) is 59.7 Å². The summed E-state index contributed by atoms with van der Waals surface area (Å²) in [6.07, 6.45) is 0.719. The average Bonchev–Trinajstić information content (AvgIpc) is 2.86. The first kappa shape index (κ1) is 14.9. The van der Waals surface area contributed by atoms with Gasteiger partial charge in [-0.3, -0.25) is 0 Å². The van der Waals surface area contributed by atoms with Crippen molar-refractivity contribution >= 4 is 5.97 Å². The highest BCUT2D eigenvalue weighted by molar-refractivity contribution is 5.88. The molecule has 2 aromatic rings. The van der Waals surface area contributed by atoms with Crippen LogP contribution in [0.15, 0.2) is 34.7 Å².